The molecule has 1 aromatic heterocycles. The molecule has 0 atom stereocenters. The quantitative estimate of drug-likeness (QED) is 0.828. The van der Waals surface area contributed by atoms with Crippen molar-refractivity contribution >= 4 is 19.0 Å². The maximum atomic E-state index is 13.1. The van der Waals surface area contributed by atoms with Crippen molar-refractivity contribution in [2.24, 2.45) is 0 Å². The second-order valence-electron chi connectivity index (χ2n) is 5.45. The first-order valence-electron chi connectivity index (χ1n) is 7.28. The molecule has 0 unspecified atom stereocenters. The van der Waals surface area contributed by atoms with E-state index in [0.717, 1.165) is 5.56 Å². The standard InChI is InChI=1S/C16H19BFN3O2/c1-11(2)21(3)16-15(12-4-6-13(18)7-5-12)19-10-14(20-16)8-9-17(22)23/h4-11,22-23H,1-3H3/b9-8+. The Morgan fingerprint density at radius 2 is 1.87 bits per heavy atom. The van der Waals surface area contributed by atoms with Crippen LogP contribution in [-0.4, -0.2) is 40.2 Å². The number of benzene rings is 1. The van der Waals surface area contributed by atoms with Crippen LogP contribution < -0.4 is 4.90 Å². The minimum atomic E-state index is -1.54. The molecule has 0 fully saturated rings. The topological polar surface area (TPSA) is 69.5 Å². The van der Waals surface area contributed by atoms with E-state index in [-0.39, 0.29) is 11.9 Å². The predicted molar refractivity (Wildman–Crippen MR) is 90.2 cm³/mol. The van der Waals surface area contributed by atoms with Gasteiger partial charge in [0.1, 0.15) is 11.5 Å². The zero-order chi connectivity index (χ0) is 17.0. The second-order valence-corrected chi connectivity index (χ2v) is 5.45. The van der Waals surface area contributed by atoms with Crippen LogP contribution in [0.15, 0.2) is 36.4 Å². The summed E-state index contributed by atoms with van der Waals surface area (Å²) >= 11 is 0. The summed E-state index contributed by atoms with van der Waals surface area (Å²) in [5, 5.41) is 17.8. The van der Waals surface area contributed by atoms with E-state index in [2.05, 4.69) is 9.97 Å². The van der Waals surface area contributed by atoms with Gasteiger partial charge in [-0.3, -0.25) is 4.98 Å². The highest BCUT2D eigenvalue weighted by molar-refractivity contribution is 6.48. The Morgan fingerprint density at radius 3 is 2.43 bits per heavy atom. The van der Waals surface area contributed by atoms with Gasteiger partial charge < -0.3 is 14.9 Å². The molecule has 0 bridgehead atoms. The molecular weight excluding hydrogens is 296 g/mol. The summed E-state index contributed by atoms with van der Waals surface area (Å²) < 4.78 is 13.1. The summed E-state index contributed by atoms with van der Waals surface area (Å²) in [5.41, 5.74) is 1.91. The third-order valence-electron chi connectivity index (χ3n) is 3.44. The third kappa shape index (κ3) is 4.37. The lowest BCUT2D eigenvalue weighted by atomic mass is 9.91. The number of anilines is 1. The van der Waals surface area contributed by atoms with Gasteiger partial charge in [0.05, 0.1) is 11.9 Å². The van der Waals surface area contributed by atoms with E-state index in [1.54, 1.807) is 12.1 Å². The fraction of sp³-hybridized carbons (Fsp3) is 0.250. The van der Waals surface area contributed by atoms with Crippen LogP contribution in [0.3, 0.4) is 0 Å². The van der Waals surface area contributed by atoms with Gasteiger partial charge in [0.15, 0.2) is 5.82 Å². The van der Waals surface area contributed by atoms with Crippen LogP contribution in [0.1, 0.15) is 19.5 Å². The molecule has 0 saturated heterocycles. The van der Waals surface area contributed by atoms with Gasteiger partial charge in [-0.2, -0.15) is 0 Å². The molecule has 7 heteroatoms. The Hall–Kier alpha value is -2.25. The molecular formula is C16H19BFN3O2. The summed E-state index contributed by atoms with van der Waals surface area (Å²) in [7, 11) is 0.357. The lowest BCUT2D eigenvalue weighted by molar-refractivity contribution is 0.424. The zero-order valence-corrected chi connectivity index (χ0v) is 13.3. The Bertz CT molecular complexity index is 690. The van der Waals surface area contributed by atoms with Crippen molar-refractivity contribution in [2.45, 2.75) is 19.9 Å². The molecule has 23 heavy (non-hydrogen) atoms. The van der Waals surface area contributed by atoms with Crippen LogP contribution in [0.4, 0.5) is 10.2 Å². The van der Waals surface area contributed by atoms with E-state index in [9.17, 15) is 4.39 Å². The molecule has 0 spiro atoms. The Labute approximate surface area is 135 Å². The summed E-state index contributed by atoms with van der Waals surface area (Å²) in [6, 6.07) is 6.26. The molecule has 0 saturated carbocycles. The highest BCUT2D eigenvalue weighted by atomic mass is 19.1. The molecule has 0 aliphatic rings. The van der Waals surface area contributed by atoms with E-state index < -0.39 is 7.12 Å². The monoisotopic (exact) mass is 315 g/mol. The number of rotatable bonds is 5. The van der Waals surface area contributed by atoms with E-state index in [0.29, 0.717) is 17.2 Å². The van der Waals surface area contributed by atoms with E-state index in [1.807, 2.05) is 25.8 Å². The molecule has 0 aliphatic carbocycles. The van der Waals surface area contributed by atoms with Crippen molar-refractivity contribution in [2.75, 3.05) is 11.9 Å². The Balaban J connectivity index is 2.50. The van der Waals surface area contributed by atoms with Crippen molar-refractivity contribution < 1.29 is 14.4 Å². The highest BCUT2D eigenvalue weighted by Crippen LogP contribution is 2.28. The van der Waals surface area contributed by atoms with Crippen LogP contribution in [0.25, 0.3) is 17.3 Å². The average molecular weight is 315 g/mol. The molecule has 0 radical (unpaired) electrons. The fourth-order valence-electron chi connectivity index (χ4n) is 1.96. The molecule has 1 heterocycles. The predicted octanol–water partition coefficient (Wildman–Crippen LogP) is 2.15. The fourth-order valence-corrected chi connectivity index (χ4v) is 1.96. The Kier molecular flexibility index (Phi) is 5.47. The van der Waals surface area contributed by atoms with Crippen molar-refractivity contribution in [1.29, 1.82) is 0 Å². The largest absolute Gasteiger partial charge is 0.480 e. The van der Waals surface area contributed by atoms with Crippen molar-refractivity contribution in [3.05, 3.63) is 47.9 Å². The number of hydrogen-bond acceptors (Lipinski definition) is 5. The van der Waals surface area contributed by atoms with Crippen LogP contribution >= 0.6 is 0 Å². The first kappa shape index (κ1) is 17.1. The van der Waals surface area contributed by atoms with Crippen molar-refractivity contribution in [3.8, 4) is 11.3 Å². The van der Waals surface area contributed by atoms with Gasteiger partial charge in [0.2, 0.25) is 0 Å². The van der Waals surface area contributed by atoms with Gasteiger partial charge in [-0.1, -0.05) is 5.98 Å². The summed E-state index contributed by atoms with van der Waals surface area (Å²) in [5.74, 6) is 1.54. The van der Waals surface area contributed by atoms with E-state index in [1.165, 1.54) is 30.4 Å². The molecule has 0 amide bonds. The summed E-state index contributed by atoms with van der Waals surface area (Å²) in [6.07, 6.45) is 3.03. The Morgan fingerprint density at radius 1 is 1.22 bits per heavy atom. The van der Waals surface area contributed by atoms with Gasteiger partial charge in [0, 0.05) is 18.7 Å². The lowest BCUT2D eigenvalue weighted by Gasteiger charge is -2.25. The normalized spacial score (nSPS) is 11.3. The van der Waals surface area contributed by atoms with Crippen LogP contribution in [-0.2, 0) is 0 Å². The molecule has 120 valence electrons. The molecule has 5 nitrogen and oxygen atoms in total. The van der Waals surface area contributed by atoms with Gasteiger partial charge in [-0.05, 0) is 44.2 Å². The number of aromatic nitrogens is 2. The first-order valence-corrected chi connectivity index (χ1v) is 7.28. The SMILES string of the molecule is CC(C)N(C)c1nc(/C=C/B(O)O)cnc1-c1ccc(F)cc1. The van der Waals surface area contributed by atoms with Crippen molar-refractivity contribution in [1.82, 2.24) is 9.97 Å². The molecule has 2 N–H and O–H groups in total. The average Bonchev–Trinajstić information content (AvgIpc) is 2.52. The maximum Gasteiger partial charge on any atom is 0.480 e. The lowest BCUT2D eigenvalue weighted by Crippen LogP contribution is -2.27. The molecule has 1 aromatic carbocycles. The van der Waals surface area contributed by atoms with Crippen molar-refractivity contribution in [3.63, 3.8) is 0 Å². The van der Waals surface area contributed by atoms with Crippen LogP contribution in [0, 0.1) is 5.82 Å². The number of hydrogen-bond donors (Lipinski definition) is 2. The van der Waals surface area contributed by atoms with E-state index in [4.69, 9.17) is 10.0 Å². The first-order chi connectivity index (χ1) is 10.9. The van der Waals surface area contributed by atoms with Gasteiger partial charge in [0.25, 0.3) is 0 Å². The zero-order valence-electron chi connectivity index (χ0n) is 13.3. The van der Waals surface area contributed by atoms with E-state index >= 15 is 0 Å². The number of halogens is 1. The summed E-state index contributed by atoms with van der Waals surface area (Å²) in [6.45, 7) is 4.05. The molecule has 2 aromatic rings. The third-order valence-corrected chi connectivity index (χ3v) is 3.44. The molecule has 0 aliphatic heterocycles. The minimum Gasteiger partial charge on any atom is -0.424 e. The second kappa shape index (κ2) is 7.35. The maximum absolute atomic E-state index is 13.1. The van der Waals surface area contributed by atoms with Gasteiger partial charge in [-0.15, -0.1) is 0 Å². The molecule has 2 rings (SSSR count). The smallest absolute Gasteiger partial charge is 0.424 e. The number of nitrogens with zero attached hydrogens (tertiary/aromatic N) is 3. The summed E-state index contributed by atoms with van der Waals surface area (Å²) in [4.78, 5) is 10.9. The van der Waals surface area contributed by atoms with Gasteiger partial charge in [-0.25, -0.2) is 9.37 Å². The minimum absolute atomic E-state index is 0.186. The van der Waals surface area contributed by atoms with Gasteiger partial charge >= 0.3 is 7.12 Å². The van der Waals surface area contributed by atoms with Crippen LogP contribution in [0.2, 0.25) is 0 Å². The van der Waals surface area contributed by atoms with Crippen LogP contribution in [0.5, 0.6) is 0 Å². The highest BCUT2D eigenvalue weighted by Gasteiger charge is 2.16.